The summed E-state index contributed by atoms with van der Waals surface area (Å²) in [4.78, 5) is 24.1. The number of rotatable bonds is 4. The Bertz CT molecular complexity index is 622. The largest absolute Gasteiger partial charge is 0.477 e. The highest BCUT2D eigenvalue weighted by Gasteiger charge is 2.16. The Morgan fingerprint density at radius 2 is 2.00 bits per heavy atom. The molecular weight excluding hydrogens is 282 g/mol. The minimum atomic E-state index is -1.04. The maximum atomic E-state index is 12.2. The van der Waals surface area contributed by atoms with E-state index in [4.69, 9.17) is 5.11 Å². The lowest BCUT2D eigenvalue weighted by atomic mass is 10.2. The Morgan fingerprint density at radius 1 is 1.26 bits per heavy atom. The number of aromatic carboxylic acids is 1. The van der Waals surface area contributed by atoms with Crippen LogP contribution >= 0.6 is 23.1 Å². The maximum Gasteiger partial charge on any atom is 0.348 e. The Labute approximate surface area is 118 Å². The molecule has 2 N–H and O–H groups in total. The predicted molar refractivity (Wildman–Crippen MR) is 77.5 cm³/mol. The number of hydrogen-bond donors (Lipinski definition) is 2. The predicted octanol–water partition coefficient (Wildman–Crippen LogP) is 3.42. The van der Waals surface area contributed by atoms with Gasteiger partial charge < -0.3 is 10.4 Å². The van der Waals surface area contributed by atoms with Crippen molar-refractivity contribution in [3.8, 4) is 0 Å². The van der Waals surface area contributed by atoms with Gasteiger partial charge in [-0.1, -0.05) is 12.1 Å². The topological polar surface area (TPSA) is 66.4 Å². The molecule has 0 saturated carbocycles. The first-order valence-electron chi connectivity index (χ1n) is 5.38. The summed E-state index contributed by atoms with van der Waals surface area (Å²) < 4.78 is 0. The van der Waals surface area contributed by atoms with Crippen LogP contribution in [0.25, 0.3) is 0 Å². The van der Waals surface area contributed by atoms with E-state index in [2.05, 4.69) is 5.32 Å². The van der Waals surface area contributed by atoms with Gasteiger partial charge in [0.2, 0.25) is 0 Å². The molecule has 19 heavy (non-hydrogen) atoms. The SMILES string of the molecule is CSc1ccccc1C(=O)Nc1ccsc1C(=O)O. The number of carbonyl (C=O) groups excluding carboxylic acids is 1. The van der Waals surface area contributed by atoms with Crippen molar-refractivity contribution in [2.45, 2.75) is 4.90 Å². The first kappa shape index (κ1) is 13.6. The number of carbonyl (C=O) groups is 2. The fraction of sp³-hybridized carbons (Fsp3) is 0.0769. The summed E-state index contributed by atoms with van der Waals surface area (Å²) in [6, 6.07) is 8.79. The highest BCUT2D eigenvalue weighted by molar-refractivity contribution is 7.98. The molecule has 1 heterocycles. The summed E-state index contributed by atoms with van der Waals surface area (Å²) in [5.41, 5.74) is 0.871. The minimum Gasteiger partial charge on any atom is -0.477 e. The molecule has 0 aliphatic rings. The van der Waals surface area contributed by atoms with E-state index in [1.165, 1.54) is 11.8 Å². The van der Waals surface area contributed by atoms with Crippen molar-refractivity contribution in [3.63, 3.8) is 0 Å². The fourth-order valence-electron chi connectivity index (χ4n) is 1.60. The molecule has 2 aromatic rings. The van der Waals surface area contributed by atoms with Gasteiger partial charge in [-0.15, -0.1) is 23.1 Å². The zero-order valence-electron chi connectivity index (χ0n) is 10.0. The van der Waals surface area contributed by atoms with Gasteiger partial charge in [0, 0.05) is 4.90 Å². The van der Waals surface area contributed by atoms with Gasteiger partial charge in [0.05, 0.1) is 11.3 Å². The maximum absolute atomic E-state index is 12.2. The number of nitrogens with one attached hydrogen (secondary N) is 1. The van der Waals surface area contributed by atoms with Gasteiger partial charge in [0.1, 0.15) is 4.88 Å². The van der Waals surface area contributed by atoms with Crippen LogP contribution in [0.3, 0.4) is 0 Å². The molecule has 6 heteroatoms. The van der Waals surface area contributed by atoms with Crippen LogP contribution in [0.5, 0.6) is 0 Å². The standard InChI is InChI=1S/C13H11NO3S2/c1-18-10-5-3-2-4-8(10)12(15)14-9-6-7-19-11(9)13(16)17/h2-7H,1H3,(H,14,15)(H,16,17). The zero-order valence-corrected chi connectivity index (χ0v) is 11.7. The summed E-state index contributed by atoms with van der Waals surface area (Å²) >= 11 is 2.56. The molecule has 0 bridgehead atoms. The van der Waals surface area contributed by atoms with Crippen LogP contribution in [0.1, 0.15) is 20.0 Å². The van der Waals surface area contributed by atoms with Crippen molar-refractivity contribution in [2.24, 2.45) is 0 Å². The van der Waals surface area contributed by atoms with E-state index in [-0.39, 0.29) is 10.8 Å². The van der Waals surface area contributed by atoms with Crippen LogP contribution in [-0.4, -0.2) is 23.2 Å². The molecule has 98 valence electrons. The quantitative estimate of drug-likeness (QED) is 0.848. The number of carboxylic acids is 1. The highest BCUT2D eigenvalue weighted by Crippen LogP contribution is 2.25. The molecule has 1 aromatic carbocycles. The van der Waals surface area contributed by atoms with E-state index >= 15 is 0 Å². The number of thioether (sulfide) groups is 1. The second kappa shape index (κ2) is 5.90. The number of hydrogen-bond acceptors (Lipinski definition) is 4. The van der Waals surface area contributed by atoms with Gasteiger partial charge in [-0.2, -0.15) is 0 Å². The van der Waals surface area contributed by atoms with Crippen molar-refractivity contribution in [1.82, 2.24) is 0 Å². The van der Waals surface area contributed by atoms with Crippen LogP contribution in [-0.2, 0) is 0 Å². The fourth-order valence-corrected chi connectivity index (χ4v) is 2.88. The molecule has 0 atom stereocenters. The number of benzene rings is 1. The summed E-state index contributed by atoms with van der Waals surface area (Å²) in [5.74, 6) is -1.34. The molecule has 0 radical (unpaired) electrons. The lowest BCUT2D eigenvalue weighted by molar-refractivity contribution is 0.0703. The van der Waals surface area contributed by atoms with Gasteiger partial charge >= 0.3 is 5.97 Å². The van der Waals surface area contributed by atoms with E-state index < -0.39 is 5.97 Å². The molecule has 0 spiro atoms. The lowest BCUT2D eigenvalue weighted by Gasteiger charge is -2.07. The Morgan fingerprint density at radius 3 is 2.68 bits per heavy atom. The van der Waals surface area contributed by atoms with E-state index in [0.717, 1.165) is 16.2 Å². The Balaban J connectivity index is 2.26. The molecule has 2 rings (SSSR count). The van der Waals surface area contributed by atoms with Gasteiger partial charge in [-0.3, -0.25) is 4.79 Å². The highest BCUT2D eigenvalue weighted by atomic mass is 32.2. The molecule has 0 aliphatic heterocycles. The van der Waals surface area contributed by atoms with Gasteiger partial charge in [-0.25, -0.2) is 4.79 Å². The first-order chi connectivity index (χ1) is 9.13. The lowest BCUT2D eigenvalue weighted by Crippen LogP contribution is -2.14. The van der Waals surface area contributed by atoms with Crippen molar-refractivity contribution in [3.05, 3.63) is 46.2 Å². The average Bonchev–Trinajstić information content (AvgIpc) is 2.87. The summed E-state index contributed by atoms with van der Waals surface area (Å²) in [6.07, 6.45) is 1.89. The van der Waals surface area contributed by atoms with Crippen molar-refractivity contribution in [2.75, 3.05) is 11.6 Å². The van der Waals surface area contributed by atoms with Crippen molar-refractivity contribution in [1.29, 1.82) is 0 Å². The van der Waals surface area contributed by atoms with Crippen LogP contribution in [0.15, 0.2) is 40.6 Å². The van der Waals surface area contributed by atoms with Gasteiger partial charge in [0.15, 0.2) is 0 Å². The van der Waals surface area contributed by atoms with Gasteiger partial charge in [-0.05, 0) is 29.8 Å². The molecule has 0 fully saturated rings. The molecule has 0 aliphatic carbocycles. The Hall–Kier alpha value is -1.79. The van der Waals surface area contributed by atoms with Crippen molar-refractivity contribution < 1.29 is 14.7 Å². The molecule has 0 saturated heterocycles. The third-order valence-electron chi connectivity index (χ3n) is 2.46. The van der Waals surface area contributed by atoms with E-state index in [1.54, 1.807) is 23.6 Å². The smallest absolute Gasteiger partial charge is 0.348 e. The number of anilines is 1. The average molecular weight is 293 g/mol. The number of amides is 1. The molecule has 4 nitrogen and oxygen atoms in total. The van der Waals surface area contributed by atoms with Crippen LogP contribution in [0.2, 0.25) is 0 Å². The minimum absolute atomic E-state index is 0.134. The van der Waals surface area contributed by atoms with E-state index in [1.807, 2.05) is 18.4 Å². The van der Waals surface area contributed by atoms with Crippen LogP contribution in [0, 0.1) is 0 Å². The normalized spacial score (nSPS) is 10.2. The van der Waals surface area contributed by atoms with Crippen LogP contribution < -0.4 is 5.32 Å². The summed E-state index contributed by atoms with van der Waals surface area (Å²) in [5, 5.41) is 13.3. The second-order valence-corrected chi connectivity index (χ2v) is 5.39. The zero-order chi connectivity index (χ0) is 13.8. The van der Waals surface area contributed by atoms with Crippen molar-refractivity contribution >= 4 is 40.7 Å². The number of thiophene rings is 1. The second-order valence-electron chi connectivity index (χ2n) is 3.62. The number of carboxylic acid groups (broad SMARTS) is 1. The summed E-state index contributed by atoms with van der Waals surface area (Å²) in [7, 11) is 0. The van der Waals surface area contributed by atoms with E-state index in [9.17, 15) is 9.59 Å². The molecule has 1 aromatic heterocycles. The van der Waals surface area contributed by atoms with Crippen LogP contribution in [0.4, 0.5) is 5.69 Å². The monoisotopic (exact) mass is 293 g/mol. The van der Waals surface area contributed by atoms with E-state index in [0.29, 0.717) is 11.3 Å². The third-order valence-corrected chi connectivity index (χ3v) is 4.16. The summed E-state index contributed by atoms with van der Waals surface area (Å²) in [6.45, 7) is 0. The third kappa shape index (κ3) is 2.97. The Kier molecular flexibility index (Phi) is 4.24. The molecule has 0 unspecified atom stereocenters. The first-order valence-corrected chi connectivity index (χ1v) is 7.49. The molecule has 1 amide bonds. The van der Waals surface area contributed by atoms with Gasteiger partial charge in [0.25, 0.3) is 5.91 Å². The molecular formula is C13H11NO3S2.